The lowest BCUT2D eigenvalue weighted by atomic mass is 10.0. The topological polar surface area (TPSA) is 50.8 Å². The van der Waals surface area contributed by atoms with Crippen molar-refractivity contribution in [1.82, 2.24) is 4.90 Å². The van der Waals surface area contributed by atoms with Gasteiger partial charge in [-0.15, -0.1) is 0 Å². The molecule has 0 aliphatic heterocycles. The highest BCUT2D eigenvalue weighted by Gasteiger charge is 1.97. The standard InChI is InChI=1S/C16H15N3/c1-19(2)11-10-16(9-8-14(12-17)13-18)15-6-4-3-5-7-15/h3-11H,1-2H3. The molecule has 0 atom stereocenters. The molecular formula is C16H15N3. The van der Waals surface area contributed by atoms with Crippen LogP contribution in [-0.2, 0) is 0 Å². The van der Waals surface area contributed by atoms with Crippen molar-refractivity contribution < 1.29 is 0 Å². The van der Waals surface area contributed by atoms with Crippen LogP contribution in [0.5, 0.6) is 0 Å². The van der Waals surface area contributed by atoms with E-state index in [4.69, 9.17) is 10.5 Å². The molecule has 94 valence electrons. The second-order valence-corrected chi connectivity index (χ2v) is 4.07. The van der Waals surface area contributed by atoms with E-state index in [0.717, 1.165) is 11.1 Å². The van der Waals surface area contributed by atoms with Crippen LogP contribution < -0.4 is 0 Å². The molecule has 0 saturated carbocycles. The number of hydrogen-bond acceptors (Lipinski definition) is 3. The zero-order chi connectivity index (χ0) is 14.1. The molecule has 0 fully saturated rings. The van der Waals surface area contributed by atoms with Gasteiger partial charge in [0.25, 0.3) is 0 Å². The van der Waals surface area contributed by atoms with E-state index in [1.165, 1.54) is 6.08 Å². The third-order valence-corrected chi connectivity index (χ3v) is 2.33. The fraction of sp³-hybridized carbons (Fsp3) is 0.125. The molecule has 0 aliphatic carbocycles. The molecule has 0 spiro atoms. The summed E-state index contributed by atoms with van der Waals surface area (Å²) in [4.78, 5) is 1.93. The Bertz CT molecular complexity index is 563. The van der Waals surface area contributed by atoms with Crippen LogP contribution in [0, 0.1) is 22.7 Å². The highest BCUT2D eigenvalue weighted by Crippen LogP contribution is 2.16. The van der Waals surface area contributed by atoms with E-state index >= 15 is 0 Å². The highest BCUT2D eigenvalue weighted by molar-refractivity contribution is 5.75. The molecule has 0 saturated heterocycles. The Morgan fingerprint density at radius 2 is 1.68 bits per heavy atom. The Labute approximate surface area is 114 Å². The van der Waals surface area contributed by atoms with Gasteiger partial charge in [-0.05, 0) is 29.5 Å². The number of rotatable bonds is 4. The zero-order valence-electron chi connectivity index (χ0n) is 11.0. The molecule has 0 N–H and O–H groups in total. The van der Waals surface area contributed by atoms with E-state index in [2.05, 4.69) is 0 Å². The molecule has 0 radical (unpaired) electrons. The van der Waals surface area contributed by atoms with Crippen molar-refractivity contribution in [2.75, 3.05) is 14.1 Å². The van der Waals surface area contributed by atoms with Gasteiger partial charge in [0.15, 0.2) is 0 Å². The Hall–Kier alpha value is -2.78. The molecule has 0 amide bonds. The average molecular weight is 249 g/mol. The van der Waals surface area contributed by atoms with Gasteiger partial charge in [0.05, 0.1) is 0 Å². The molecule has 1 rings (SSSR count). The summed E-state index contributed by atoms with van der Waals surface area (Å²) in [6.07, 6.45) is 7.17. The first-order valence-electron chi connectivity index (χ1n) is 5.79. The summed E-state index contributed by atoms with van der Waals surface area (Å²) in [6.45, 7) is 0. The van der Waals surface area contributed by atoms with Crippen molar-refractivity contribution >= 4 is 5.57 Å². The number of allylic oxidation sites excluding steroid dienone is 5. The summed E-state index contributed by atoms with van der Waals surface area (Å²) >= 11 is 0. The summed E-state index contributed by atoms with van der Waals surface area (Å²) in [5.74, 6) is 0. The van der Waals surface area contributed by atoms with E-state index in [9.17, 15) is 0 Å². The van der Waals surface area contributed by atoms with Crippen molar-refractivity contribution in [2.24, 2.45) is 0 Å². The smallest absolute Gasteiger partial charge is 0.129 e. The molecular weight excluding hydrogens is 234 g/mol. The second-order valence-electron chi connectivity index (χ2n) is 4.07. The molecule has 0 bridgehead atoms. The van der Waals surface area contributed by atoms with Crippen molar-refractivity contribution in [3.8, 4) is 12.1 Å². The number of nitrogens with zero attached hydrogens (tertiary/aromatic N) is 3. The van der Waals surface area contributed by atoms with Gasteiger partial charge in [0.1, 0.15) is 17.7 Å². The van der Waals surface area contributed by atoms with Gasteiger partial charge >= 0.3 is 0 Å². The van der Waals surface area contributed by atoms with Crippen LogP contribution in [-0.4, -0.2) is 19.0 Å². The van der Waals surface area contributed by atoms with Crippen LogP contribution in [0.2, 0.25) is 0 Å². The first-order chi connectivity index (χ1) is 9.17. The number of nitriles is 2. The summed E-state index contributed by atoms with van der Waals surface area (Å²) in [5.41, 5.74) is 2.07. The normalized spacial score (nSPS) is 10.6. The Morgan fingerprint density at radius 1 is 1.05 bits per heavy atom. The molecule has 0 aromatic heterocycles. The van der Waals surface area contributed by atoms with Crippen LogP contribution in [0.15, 0.2) is 60.3 Å². The predicted octanol–water partition coefficient (Wildman–Crippen LogP) is 3.12. The Kier molecular flexibility index (Phi) is 5.66. The van der Waals surface area contributed by atoms with Gasteiger partial charge in [-0.3, -0.25) is 0 Å². The molecule has 3 heteroatoms. The van der Waals surface area contributed by atoms with Crippen molar-refractivity contribution in [3.05, 3.63) is 65.9 Å². The van der Waals surface area contributed by atoms with Crippen molar-refractivity contribution in [2.45, 2.75) is 0 Å². The molecule has 1 aromatic rings. The largest absolute Gasteiger partial charge is 0.383 e. The van der Waals surface area contributed by atoms with Gasteiger partial charge in [0.2, 0.25) is 0 Å². The molecule has 0 aliphatic rings. The molecule has 19 heavy (non-hydrogen) atoms. The summed E-state index contributed by atoms with van der Waals surface area (Å²) < 4.78 is 0. The van der Waals surface area contributed by atoms with Crippen LogP contribution in [0.1, 0.15) is 5.56 Å². The maximum atomic E-state index is 8.73. The zero-order valence-corrected chi connectivity index (χ0v) is 11.0. The van der Waals surface area contributed by atoms with Crippen LogP contribution in [0.25, 0.3) is 5.57 Å². The Morgan fingerprint density at radius 3 is 2.21 bits per heavy atom. The minimum Gasteiger partial charge on any atom is -0.383 e. The lowest BCUT2D eigenvalue weighted by Gasteiger charge is -2.06. The molecule has 3 nitrogen and oxygen atoms in total. The van der Waals surface area contributed by atoms with E-state index < -0.39 is 0 Å². The number of hydrogen-bond donors (Lipinski definition) is 0. The van der Waals surface area contributed by atoms with Crippen molar-refractivity contribution in [1.29, 1.82) is 10.5 Å². The summed E-state index contributed by atoms with van der Waals surface area (Å²) in [6, 6.07) is 13.5. The lowest BCUT2D eigenvalue weighted by Crippen LogP contribution is -2.00. The number of benzene rings is 1. The maximum Gasteiger partial charge on any atom is 0.129 e. The van der Waals surface area contributed by atoms with Gasteiger partial charge in [-0.25, -0.2) is 0 Å². The SMILES string of the molecule is CN(C)C=CC(=CC=C(C#N)C#N)c1ccccc1. The van der Waals surface area contributed by atoms with Gasteiger partial charge in [0, 0.05) is 14.1 Å². The highest BCUT2D eigenvalue weighted by atomic mass is 15.0. The molecule has 1 aromatic carbocycles. The minimum absolute atomic E-state index is 0.0895. The average Bonchev–Trinajstić information content (AvgIpc) is 2.43. The fourth-order valence-corrected chi connectivity index (χ4v) is 1.38. The minimum atomic E-state index is 0.0895. The quantitative estimate of drug-likeness (QED) is 0.608. The third-order valence-electron chi connectivity index (χ3n) is 2.33. The van der Waals surface area contributed by atoms with E-state index in [1.54, 1.807) is 6.08 Å². The summed E-state index contributed by atoms with van der Waals surface area (Å²) in [7, 11) is 3.87. The van der Waals surface area contributed by atoms with E-state index in [0.29, 0.717) is 0 Å². The van der Waals surface area contributed by atoms with E-state index in [1.807, 2.05) is 73.7 Å². The third kappa shape index (κ3) is 4.93. The maximum absolute atomic E-state index is 8.73. The van der Waals surface area contributed by atoms with Crippen LogP contribution in [0.4, 0.5) is 0 Å². The first kappa shape index (κ1) is 14.3. The Balaban J connectivity index is 3.15. The second kappa shape index (κ2) is 7.53. The van der Waals surface area contributed by atoms with Crippen molar-refractivity contribution in [3.63, 3.8) is 0 Å². The molecule has 0 unspecified atom stereocenters. The van der Waals surface area contributed by atoms with Crippen LogP contribution in [0.3, 0.4) is 0 Å². The van der Waals surface area contributed by atoms with Gasteiger partial charge < -0.3 is 4.90 Å². The fourth-order valence-electron chi connectivity index (χ4n) is 1.38. The predicted molar refractivity (Wildman–Crippen MR) is 76.6 cm³/mol. The van der Waals surface area contributed by atoms with Gasteiger partial charge in [-0.2, -0.15) is 10.5 Å². The van der Waals surface area contributed by atoms with Crippen LogP contribution >= 0.6 is 0 Å². The first-order valence-corrected chi connectivity index (χ1v) is 5.79. The lowest BCUT2D eigenvalue weighted by molar-refractivity contribution is 0.564. The van der Waals surface area contributed by atoms with Gasteiger partial charge in [-0.1, -0.05) is 36.4 Å². The monoisotopic (exact) mass is 249 g/mol. The molecule has 0 heterocycles. The summed E-state index contributed by atoms with van der Waals surface area (Å²) in [5, 5.41) is 17.5. The van der Waals surface area contributed by atoms with E-state index in [-0.39, 0.29) is 5.57 Å².